The van der Waals surface area contributed by atoms with Gasteiger partial charge in [0.15, 0.2) is 0 Å². The predicted molar refractivity (Wildman–Crippen MR) is 124 cm³/mol. The highest BCUT2D eigenvalue weighted by molar-refractivity contribution is 5.94. The van der Waals surface area contributed by atoms with Gasteiger partial charge < -0.3 is 43.4 Å². The number of carbonyl (C=O) groups excluding carboxylic acids is 3. The minimum atomic E-state index is -1.22. The highest BCUT2D eigenvalue weighted by atomic mass is 16.4. The first-order valence-electron chi connectivity index (χ1n) is 11.4. The molecule has 0 aromatic carbocycles. The second-order valence-electron chi connectivity index (χ2n) is 8.53. The lowest BCUT2D eigenvalue weighted by Crippen LogP contribution is -2.59. The van der Waals surface area contributed by atoms with Crippen LogP contribution in [0.4, 0.5) is 0 Å². The molecule has 0 bridgehead atoms. The summed E-state index contributed by atoms with van der Waals surface area (Å²) < 4.78 is 0. The Morgan fingerprint density at radius 1 is 0.758 bits per heavy atom. The summed E-state index contributed by atoms with van der Waals surface area (Å²) in [6, 6.07) is -4.34. The van der Waals surface area contributed by atoms with Crippen molar-refractivity contribution >= 4 is 23.7 Å². The fraction of sp³-hybridized carbons (Fsp3) is 0.810. The number of carboxylic acid groups (broad SMARTS) is 1. The van der Waals surface area contributed by atoms with Crippen molar-refractivity contribution in [3.63, 3.8) is 0 Å². The molecule has 0 aromatic heterocycles. The number of amides is 3. The van der Waals surface area contributed by atoms with Gasteiger partial charge in [0.2, 0.25) is 17.7 Å². The molecule has 0 aliphatic heterocycles. The summed E-state index contributed by atoms with van der Waals surface area (Å²) in [5.41, 5.74) is 16.6. The molecule has 0 aliphatic carbocycles. The quantitative estimate of drug-likeness (QED) is 0.111. The molecule has 5 atom stereocenters. The second-order valence-corrected chi connectivity index (χ2v) is 8.53. The van der Waals surface area contributed by atoms with Crippen molar-refractivity contribution in [2.75, 3.05) is 13.1 Å². The number of carboxylic acids is 1. The van der Waals surface area contributed by atoms with Gasteiger partial charge in [0.1, 0.15) is 24.2 Å². The first-order chi connectivity index (χ1) is 15.5. The lowest BCUT2D eigenvalue weighted by Gasteiger charge is -2.27. The van der Waals surface area contributed by atoms with Gasteiger partial charge in [0.05, 0.1) is 6.10 Å². The predicted octanol–water partition coefficient (Wildman–Crippen LogP) is -1.85. The van der Waals surface area contributed by atoms with Crippen LogP contribution in [0.15, 0.2) is 0 Å². The molecule has 3 amide bonds. The van der Waals surface area contributed by atoms with Crippen molar-refractivity contribution < 1.29 is 29.4 Å². The molecule has 12 nitrogen and oxygen atoms in total. The number of aliphatic carboxylic acids is 1. The van der Waals surface area contributed by atoms with Crippen LogP contribution in [0.25, 0.3) is 0 Å². The number of aliphatic hydroxyl groups excluding tert-OH is 1. The first-order valence-corrected chi connectivity index (χ1v) is 11.4. The van der Waals surface area contributed by atoms with Crippen molar-refractivity contribution in [1.82, 2.24) is 16.0 Å². The van der Waals surface area contributed by atoms with Crippen molar-refractivity contribution in [3.05, 3.63) is 0 Å². The monoisotopic (exact) mass is 474 g/mol. The summed E-state index contributed by atoms with van der Waals surface area (Å²) in [5.74, 6) is -3.46. The summed E-state index contributed by atoms with van der Waals surface area (Å²) in [6.45, 7) is 5.60. The SMILES string of the molecule is CC(C)C(NC(=O)C(N)C(C)O)C(=O)NC(CCCCN)C(=O)NC(CCCCN)C(=O)O. The molecule has 12 heteroatoms. The summed E-state index contributed by atoms with van der Waals surface area (Å²) in [6.07, 6.45) is 1.66. The highest BCUT2D eigenvalue weighted by Crippen LogP contribution is 2.08. The summed E-state index contributed by atoms with van der Waals surface area (Å²) in [5, 5.41) is 26.6. The third kappa shape index (κ3) is 11.9. The molecule has 192 valence electrons. The molecule has 0 aliphatic rings. The molecule has 0 saturated heterocycles. The topological polar surface area (TPSA) is 223 Å². The van der Waals surface area contributed by atoms with E-state index in [1.165, 1.54) is 6.92 Å². The fourth-order valence-corrected chi connectivity index (χ4v) is 3.05. The smallest absolute Gasteiger partial charge is 0.326 e. The van der Waals surface area contributed by atoms with Crippen molar-refractivity contribution in [1.29, 1.82) is 0 Å². The molecule has 0 aromatic rings. The summed E-state index contributed by atoms with van der Waals surface area (Å²) in [7, 11) is 0. The lowest BCUT2D eigenvalue weighted by molar-refractivity contribution is -0.142. The van der Waals surface area contributed by atoms with Crippen LogP contribution in [0.5, 0.6) is 0 Å². The molecule has 5 unspecified atom stereocenters. The van der Waals surface area contributed by atoms with Gasteiger partial charge in [-0.05, 0) is 64.5 Å². The van der Waals surface area contributed by atoms with Crippen LogP contribution in [-0.2, 0) is 19.2 Å². The van der Waals surface area contributed by atoms with E-state index >= 15 is 0 Å². The number of aliphatic hydroxyl groups is 1. The van der Waals surface area contributed by atoms with Gasteiger partial charge in [-0.3, -0.25) is 14.4 Å². The molecular weight excluding hydrogens is 432 g/mol. The average molecular weight is 475 g/mol. The zero-order valence-corrected chi connectivity index (χ0v) is 19.9. The van der Waals surface area contributed by atoms with Crippen LogP contribution in [-0.4, -0.2) is 77.3 Å². The number of carbonyl (C=O) groups is 4. The Morgan fingerprint density at radius 3 is 1.67 bits per heavy atom. The minimum absolute atomic E-state index is 0.212. The van der Waals surface area contributed by atoms with E-state index in [0.29, 0.717) is 38.8 Å². The summed E-state index contributed by atoms with van der Waals surface area (Å²) in [4.78, 5) is 49.6. The molecular formula is C21H42N6O6. The van der Waals surface area contributed by atoms with E-state index in [9.17, 15) is 29.4 Å². The number of nitrogens with one attached hydrogen (secondary N) is 3. The Balaban J connectivity index is 5.40. The number of hydrogen-bond acceptors (Lipinski definition) is 8. The van der Waals surface area contributed by atoms with E-state index in [1.807, 2.05) is 0 Å². The molecule has 0 saturated carbocycles. The van der Waals surface area contributed by atoms with E-state index in [1.54, 1.807) is 13.8 Å². The summed E-state index contributed by atoms with van der Waals surface area (Å²) >= 11 is 0. The van der Waals surface area contributed by atoms with Gasteiger partial charge in [-0.15, -0.1) is 0 Å². The Bertz CT molecular complexity index is 630. The van der Waals surface area contributed by atoms with Gasteiger partial charge in [-0.25, -0.2) is 4.79 Å². The number of nitrogens with two attached hydrogens (primary N) is 3. The third-order valence-corrected chi connectivity index (χ3v) is 5.21. The zero-order valence-electron chi connectivity index (χ0n) is 19.9. The van der Waals surface area contributed by atoms with Crippen LogP contribution >= 0.6 is 0 Å². The second kappa shape index (κ2) is 16.4. The van der Waals surface area contributed by atoms with E-state index < -0.39 is 54.0 Å². The molecule has 0 heterocycles. The Hall–Kier alpha value is -2.28. The molecule has 33 heavy (non-hydrogen) atoms. The van der Waals surface area contributed by atoms with E-state index in [0.717, 1.165) is 0 Å². The van der Waals surface area contributed by atoms with Crippen LogP contribution in [0.1, 0.15) is 59.3 Å². The lowest BCUT2D eigenvalue weighted by atomic mass is 10.0. The van der Waals surface area contributed by atoms with Crippen molar-refractivity contribution in [2.24, 2.45) is 23.1 Å². The fourth-order valence-electron chi connectivity index (χ4n) is 3.05. The van der Waals surface area contributed by atoms with Crippen LogP contribution in [0.3, 0.4) is 0 Å². The van der Waals surface area contributed by atoms with Crippen molar-refractivity contribution in [2.45, 2.75) is 89.6 Å². The molecule has 0 rings (SSSR count). The van der Waals surface area contributed by atoms with Crippen molar-refractivity contribution in [3.8, 4) is 0 Å². The molecule has 0 spiro atoms. The maximum absolute atomic E-state index is 12.9. The third-order valence-electron chi connectivity index (χ3n) is 5.21. The highest BCUT2D eigenvalue weighted by Gasteiger charge is 2.32. The first kappa shape index (κ1) is 30.7. The maximum atomic E-state index is 12.9. The molecule has 11 N–H and O–H groups in total. The Morgan fingerprint density at radius 2 is 1.24 bits per heavy atom. The standard InChI is InChI=1S/C21H42N6O6/c1-12(2)17(27-19(30)16(24)13(3)28)20(31)25-14(8-4-6-10-22)18(29)26-15(21(32)33)9-5-7-11-23/h12-17,28H,4-11,22-24H2,1-3H3,(H,25,31)(H,26,29)(H,27,30)(H,32,33). The number of unbranched alkanes of at least 4 members (excludes halogenated alkanes) is 2. The van der Waals surface area contributed by atoms with E-state index in [4.69, 9.17) is 17.2 Å². The van der Waals surface area contributed by atoms with E-state index in [-0.39, 0.29) is 18.8 Å². The van der Waals surface area contributed by atoms with Crippen LogP contribution in [0, 0.1) is 5.92 Å². The van der Waals surface area contributed by atoms with E-state index in [2.05, 4.69) is 16.0 Å². The number of hydrogen-bond donors (Lipinski definition) is 8. The van der Waals surface area contributed by atoms with Crippen LogP contribution < -0.4 is 33.2 Å². The molecule has 0 fully saturated rings. The Labute approximate surface area is 195 Å². The zero-order chi connectivity index (χ0) is 25.6. The van der Waals surface area contributed by atoms with Gasteiger partial charge in [0.25, 0.3) is 0 Å². The molecule has 0 radical (unpaired) electrons. The normalized spacial score (nSPS) is 15.8. The maximum Gasteiger partial charge on any atom is 0.326 e. The van der Waals surface area contributed by atoms with Gasteiger partial charge in [-0.1, -0.05) is 13.8 Å². The number of rotatable bonds is 17. The van der Waals surface area contributed by atoms with Crippen LogP contribution in [0.2, 0.25) is 0 Å². The average Bonchev–Trinajstić information content (AvgIpc) is 2.74. The van der Waals surface area contributed by atoms with Gasteiger partial charge in [-0.2, -0.15) is 0 Å². The Kier molecular flexibility index (Phi) is 15.2. The van der Waals surface area contributed by atoms with Gasteiger partial charge in [0, 0.05) is 0 Å². The van der Waals surface area contributed by atoms with Gasteiger partial charge >= 0.3 is 5.97 Å². The minimum Gasteiger partial charge on any atom is -0.480 e. The largest absolute Gasteiger partial charge is 0.480 e.